The number of nitrogens with zero attached hydrogens (tertiary/aromatic N) is 2. The number of rotatable bonds is 41. The first-order chi connectivity index (χ1) is 25.5. The highest BCUT2D eigenvalue weighted by Crippen LogP contribution is 2.27. The minimum absolute atomic E-state index is 0.0151. The number of sulfone groups is 2. The first-order valence-electron chi connectivity index (χ1n) is 17.9. The van der Waals surface area contributed by atoms with Crippen molar-refractivity contribution in [2.45, 2.75) is 51.6 Å². The Morgan fingerprint density at radius 1 is 0.333 bits per heavy atom. The standard InChI is InChI=1S/C32H64Br4N2O14S2/c1-31(2,37(33)34)5-27-53(39,40)29-25-51-23-21-49-19-17-47-15-13-45-11-9-43-7-8-44-10-12-46-14-16-48-18-20-50-22-24-52-26-30-54(41,42)28-6-32(3,4)38(35)36/h5-30H2,1-4H3. The molecule has 0 N–H and O–H groups in total. The fourth-order valence-electron chi connectivity index (χ4n) is 3.64. The van der Waals surface area contributed by atoms with Gasteiger partial charge in [0, 0.05) is 75.7 Å². The molecule has 16 nitrogen and oxygen atoms in total. The van der Waals surface area contributed by atoms with Crippen LogP contribution in [-0.4, -0.2) is 189 Å². The van der Waals surface area contributed by atoms with Crippen molar-refractivity contribution in [1.82, 2.24) is 5.90 Å². The summed E-state index contributed by atoms with van der Waals surface area (Å²) in [6.07, 6.45) is 0.966. The molecule has 0 fully saturated rings. The van der Waals surface area contributed by atoms with Crippen LogP contribution in [0.2, 0.25) is 0 Å². The molecular formula is C32H64Br4N2O14S2. The maximum Gasteiger partial charge on any atom is 0.152 e. The topological polar surface area (TPSA) is 167 Å². The predicted octanol–water partition coefficient (Wildman–Crippen LogP) is 4.16. The van der Waals surface area contributed by atoms with E-state index in [0.29, 0.717) is 132 Å². The van der Waals surface area contributed by atoms with Crippen LogP contribution in [0, 0.1) is 0 Å². The van der Waals surface area contributed by atoms with E-state index in [1.165, 1.54) is 0 Å². The molecule has 0 bridgehead atoms. The van der Waals surface area contributed by atoms with Gasteiger partial charge in [0.15, 0.2) is 19.7 Å². The Labute approximate surface area is 358 Å². The molecule has 0 saturated carbocycles. The van der Waals surface area contributed by atoms with Crippen LogP contribution < -0.4 is 0 Å². The number of hydrogen-bond donors (Lipinski definition) is 0. The molecule has 0 aliphatic carbocycles. The van der Waals surface area contributed by atoms with E-state index in [1.54, 1.807) is 5.90 Å². The summed E-state index contributed by atoms with van der Waals surface area (Å²) in [6, 6.07) is 0. The molecule has 0 radical (unpaired) electrons. The Morgan fingerprint density at radius 2 is 0.500 bits per heavy atom. The summed E-state index contributed by atoms with van der Waals surface area (Å²) >= 11 is 13.2. The molecule has 0 saturated heterocycles. The summed E-state index contributed by atoms with van der Waals surface area (Å²) in [5.41, 5.74) is -0.669. The SMILES string of the molecule is CC(C)(CCS(=O)(=O)CCOCCOCCOCCOCCOCCOCCOCCOCCOCCOCCS(=O)(=O)CCC(C)(C)N(Br)Br)N(Br)Br. The van der Waals surface area contributed by atoms with Gasteiger partial charge >= 0.3 is 0 Å². The Balaban J connectivity index is 3.32. The first-order valence-corrected chi connectivity index (χ1v) is 24.4. The van der Waals surface area contributed by atoms with Crippen LogP contribution in [0.5, 0.6) is 0 Å². The van der Waals surface area contributed by atoms with E-state index in [1.807, 2.05) is 27.7 Å². The summed E-state index contributed by atoms with van der Waals surface area (Å²) in [5.74, 6) is 0.142. The van der Waals surface area contributed by atoms with Crippen LogP contribution in [0.4, 0.5) is 0 Å². The van der Waals surface area contributed by atoms with Crippen molar-refractivity contribution in [3.63, 3.8) is 0 Å². The zero-order valence-corrected chi connectivity index (χ0v) is 40.3. The van der Waals surface area contributed by atoms with E-state index in [0.717, 1.165) is 0 Å². The lowest BCUT2D eigenvalue weighted by Gasteiger charge is -2.28. The van der Waals surface area contributed by atoms with Crippen molar-refractivity contribution in [2.75, 3.05) is 155 Å². The van der Waals surface area contributed by atoms with Gasteiger partial charge in [-0.2, -0.15) is 5.90 Å². The molecule has 0 aliphatic rings. The van der Waals surface area contributed by atoms with Gasteiger partial charge in [0.1, 0.15) is 0 Å². The van der Waals surface area contributed by atoms with Gasteiger partial charge in [-0.1, -0.05) is 0 Å². The second-order valence-corrected chi connectivity index (χ2v) is 22.4. The van der Waals surface area contributed by atoms with E-state index >= 15 is 0 Å². The lowest BCUT2D eigenvalue weighted by Crippen LogP contribution is -2.33. The Kier molecular flexibility index (Phi) is 34.9. The predicted molar refractivity (Wildman–Crippen MR) is 222 cm³/mol. The minimum Gasteiger partial charge on any atom is -0.378 e. The molecule has 0 unspecified atom stereocenters. The van der Waals surface area contributed by atoms with Crippen molar-refractivity contribution in [2.24, 2.45) is 0 Å². The van der Waals surface area contributed by atoms with Crippen molar-refractivity contribution >= 4 is 84.3 Å². The van der Waals surface area contributed by atoms with Gasteiger partial charge in [-0.15, -0.1) is 0 Å². The largest absolute Gasteiger partial charge is 0.378 e. The molecule has 22 heteroatoms. The van der Waals surface area contributed by atoms with Crippen molar-refractivity contribution < 1.29 is 64.2 Å². The lowest BCUT2D eigenvalue weighted by molar-refractivity contribution is -0.0261. The van der Waals surface area contributed by atoms with Crippen LogP contribution in [0.1, 0.15) is 40.5 Å². The van der Waals surface area contributed by atoms with Gasteiger partial charge < -0.3 is 47.4 Å². The maximum atomic E-state index is 12.2. The van der Waals surface area contributed by atoms with Gasteiger partial charge in [-0.05, 0) is 40.5 Å². The minimum atomic E-state index is -3.19. The third-order valence-corrected chi connectivity index (χ3v) is 14.5. The van der Waals surface area contributed by atoms with E-state index in [9.17, 15) is 16.8 Å². The Morgan fingerprint density at radius 3 is 0.667 bits per heavy atom. The van der Waals surface area contributed by atoms with Crippen molar-refractivity contribution in [1.29, 1.82) is 0 Å². The van der Waals surface area contributed by atoms with E-state index < -0.39 is 19.7 Å². The monoisotopic (exact) mass is 1080 g/mol. The fourth-order valence-corrected chi connectivity index (χ4v) is 7.12. The molecule has 326 valence electrons. The van der Waals surface area contributed by atoms with Gasteiger partial charge in [-0.3, -0.25) is 0 Å². The Hall–Kier alpha value is 1.34. The quantitative estimate of drug-likeness (QED) is 0.0632. The van der Waals surface area contributed by atoms with Crippen molar-refractivity contribution in [3.05, 3.63) is 0 Å². The summed E-state index contributed by atoms with van der Waals surface area (Å²) in [4.78, 5) is 0. The van der Waals surface area contributed by atoms with Crippen LogP contribution in [0.15, 0.2) is 0 Å². The highest BCUT2D eigenvalue weighted by atomic mass is 79.9. The summed E-state index contributed by atoms with van der Waals surface area (Å²) in [6.45, 7) is 15.6. The molecule has 0 amide bonds. The smallest absolute Gasteiger partial charge is 0.152 e. The molecule has 0 atom stereocenters. The zero-order chi connectivity index (χ0) is 40.6. The first kappa shape index (κ1) is 55.3. The molecule has 0 spiro atoms. The summed E-state index contributed by atoms with van der Waals surface area (Å²) in [5, 5.41) is 0. The van der Waals surface area contributed by atoms with Crippen LogP contribution >= 0.6 is 64.6 Å². The molecule has 0 aromatic rings. The average molecular weight is 1080 g/mol. The van der Waals surface area contributed by atoms with E-state index in [2.05, 4.69) is 64.6 Å². The van der Waals surface area contributed by atoms with E-state index in [-0.39, 0.29) is 47.3 Å². The molecule has 54 heavy (non-hydrogen) atoms. The van der Waals surface area contributed by atoms with Crippen LogP contribution in [0.25, 0.3) is 0 Å². The second-order valence-electron chi connectivity index (χ2n) is 13.0. The third kappa shape index (κ3) is 35.3. The lowest BCUT2D eigenvalue weighted by atomic mass is 10.0. The van der Waals surface area contributed by atoms with E-state index in [4.69, 9.17) is 47.4 Å². The molecule has 0 aromatic heterocycles. The average Bonchev–Trinajstić information content (AvgIpc) is 3.10. The second kappa shape index (κ2) is 34.1. The number of halogens is 4. The highest BCUT2D eigenvalue weighted by Gasteiger charge is 2.27. The van der Waals surface area contributed by atoms with Crippen molar-refractivity contribution in [3.8, 4) is 0 Å². The fraction of sp³-hybridized carbons (Fsp3) is 1.00. The zero-order valence-electron chi connectivity index (χ0n) is 32.3. The van der Waals surface area contributed by atoms with Gasteiger partial charge in [0.05, 0.1) is 155 Å². The number of hydrogen-bond acceptors (Lipinski definition) is 16. The molecule has 0 heterocycles. The molecule has 0 aliphatic heterocycles. The normalized spacial score (nSPS) is 13.1. The summed E-state index contributed by atoms with van der Waals surface area (Å²) in [7, 11) is -6.37. The maximum absolute atomic E-state index is 12.2. The molecular weight excluding hydrogens is 1020 g/mol. The van der Waals surface area contributed by atoms with Crippen LogP contribution in [-0.2, 0) is 67.0 Å². The van der Waals surface area contributed by atoms with Gasteiger partial charge in [0.25, 0.3) is 0 Å². The summed E-state index contributed by atoms with van der Waals surface area (Å²) < 4.78 is 106. The molecule has 0 rings (SSSR count). The number of ether oxygens (including phenoxy) is 10. The Bertz CT molecular complexity index is 1010. The van der Waals surface area contributed by atoms with Gasteiger partial charge in [0.2, 0.25) is 0 Å². The van der Waals surface area contributed by atoms with Crippen LogP contribution in [0.3, 0.4) is 0 Å². The highest BCUT2D eigenvalue weighted by molar-refractivity contribution is 9.21. The molecule has 0 aromatic carbocycles. The van der Waals surface area contributed by atoms with Gasteiger partial charge in [-0.25, -0.2) is 16.8 Å². The third-order valence-electron chi connectivity index (χ3n) is 7.39.